The summed E-state index contributed by atoms with van der Waals surface area (Å²) < 4.78 is 11.7. The maximum atomic E-state index is 6.24. The lowest BCUT2D eigenvalue weighted by atomic mass is 9.65. The van der Waals surface area contributed by atoms with Crippen molar-refractivity contribution in [3.63, 3.8) is 0 Å². The Morgan fingerprint density at radius 3 is 2.56 bits per heavy atom. The Hall–Kier alpha value is -1.88. The molecule has 5 heteroatoms. The Balaban J connectivity index is 1.54. The van der Waals surface area contributed by atoms with E-state index in [1.165, 1.54) is 24.0 Å². The van der Waals surface area contributed by atoms with Crippen LogP contribution in [0.1, 0.15) is 56.6 Å². The predicted octanol–water partition coefficient (Wildman–Crippen LogP) is 3.59. The van der Waals surface area contributed by atoms with Crippen molar-refractivity contribution in [2.24, 2.45) is 27.1 Å². The third-order valence-corrected chi connectivity index (χ3v) is 7.11. The standard InChI is InChI=1S/C22H29N3O2/c1-14-20(23)25-22(24-14)19-11-18(27-13-15-3-4-15)6-5-16(19)12-21(22)9-7-17(26-2)8-10-21/h5-6,11,15,17H,3-4,7-10,12-13H2,1-2H3,(H2,23,25)/t17?,21?,22-/m0/s1. The van der Waals surface area contributed by atoms with Gasteiger partial charge in [0.1, 0.15) is 11.6 Å². The highest BCUT2D eigenvalue weighted by Crippen LogP contribution is 2.62. The lowest BCUT2D eigenvalue weighted by molar-refractivity contribution is -0.000401. The van der Waals surface area contributed by atoms with Crippen molar-refractivity contribution in [3.05, 3.63) is 29.3 Å². The molecule has 1 aromatic carbocycles. The average molecular weight is 367 g/mol. The van der Waals surface area contributed by atoms with Gasteiger partial charge >= 0.3 is 0 Å². The van der Waals surface area contributed by atoms with Crippen LogP contribution >= 0.6 is 0 Å². The fourth-order valence-electron chi connectivity index (χ4n) is 5.24. The molecule has 0 aromatic heterocycles. The zero-order valence-electron chi connectivity index (χ0n) is 16.3. The van der Waals surface area contributed by atoms with Crippen molar-refractivity contribution < 1.29 is 9.47 Å². The minimum Gasteiger partial charge on any atom is -0.493 e. The number of amidine groups is 1. The third kappa shape index (κ3) is 2.62. The molecule has 2 fully saturated rings. The van der Waals surface area contributed by atoms with Crippen LogP contribution in [0.15, 0.2) is 28.2 Å². The second-order valence-electron chi connectivity index (χ2n) is 8.83. The summed E-state index contributed by atoms with van der Waals surface area (Å²) in [5, 5.41) is 0. The van der Waals surface area contributed by atoms with Gasteiger partial charge in [-0.3, -0.25) is 4.99 Å². The van der Waals surface area contributed by atoms with Gasteiger partial charge in [0.15, 0.2) is 5.66 Å². The van der Waals surface area contributed by atoms with Crippen molar-refractivity contribution in [3.8, 4) is 5.75 Å². The van der Waals surface area contributed by atoms with E-state index in [4.69, 9.17) is 25.2 Å². The molecule has 3 aliphatic carbocycles. The van der Waals surface area contributed by atoms with Gasteiger partial charge in [0.2, 0.25) is 0 Å². The lowest BCUT2D eigenvalue weighted by Gasteiger charge is -2.44. The van der Waals surface area contributed by atoms with Gasteiger partial charge in [0, 0.05) is 18.1 Å². The van der Waals surface area contributed by atoms with Crippen LogP contribution in [0.3, 0.4) is 0 Å². The molecule has 0 amide bonds. The van der Waals surface area contributed by atoms with Crippen molar-refractivity contribution in [2.45, 2.75) is 63.6 Å². The predicted molar refractivity (Wildman–Crippen MR) is 106 cm³/mol. The molecule has 1 aliphatic heterocycles. The van der Waals surface area contributed by atoms with Crippen LogP contribution in [0.2, 0.25) is 0 Å². The molecule has 0 bridgehead atoms. The number of aliphatic imine (C=N–C) groups is 2. The Morgan fingerprint density at radius 1 is 1.15 bits per heavy atom. The van der Waals surface area contributed by atoms with E-state index in [2.05, 4.69) is 18.2 Å². The summed E-state index contributed by atoms with van der Waals surface area (Å²) in [6, 6.07) is 6.53. The van der Waals surface area contributed by atoms with Gasteiger partial charge in [-0.05, 0) is 75.5 Å². The van der Waals surface area contributed by atoms with Crippen LogP contribution in [0, 0.1) is 11.3 Å². The van der Waals surface area contributed by atoms with E-state index >= 15 is 0 Å². The molecule has 2 saturated carbocycles. The third-order valence-electron chi connectivity index (χ3n) is 7.11. The number of methoxy groups -OCH3 is 1. The number of hydrogen-bond acceptors (Lipinski definition) is 5. The summed E-state index contributed by atoms with van der Waals surface area (Å²) in [6.07, 6.45) is 8.18. The number of benzene rings is 1. The molecule has 5 rings (SSSR count). The molecule has 1 aromatic rings. The van der Waals surface area contributed by atoms with Gasteiger partial charge < -0.3 is 15.2 Å². The minimum atomic E-state index is -0.575. The molecule has 2 spiro atoms. The summed E-state index contributed by atoms with van der Waals surface area (Å²) in [4.78, 5) is 10.1. The molecule has 0 unspecified atom stereocenters. The second kappa shape index (κ2) is 6.06. The summed E-state index contributed by atoms with van der Waals surface area (Å²) >= 11 is 0. The summed E-state index contributed by atoms with van der Waals surface area (Å²) in [7, 11) is 1.82. The van der Waals surface area contributed by atoms with E-state index < -0.39 is 5.66 Å². The van der Waals surface area contributed by atoms with Crippen LogP contribution in [-0.2, 0) is 16.8 Å². The normalized spacial score (nSPS) is 34.7. The van der Waals surface area contributed by atoms with Crippen LogP contribution < -0.4 is 10.5 Å². The second-order valence-corrected chi connectivity index (χ2v) is 8.83. The average Bonchev–Trinajstić information content (AvgIpc) is 3.41. The molecule has 144 valence electrons. The number of nitrogens with two attached hydrogens (primary N) is 1. The smallest absolute Gasteiger partial charge is 0.184 e. The first-order chi connectivity index (χ1) is 13.1. The lowest BCUT2D eigenvalue weighted by Crippen LogP contribution is -2.43. The zero-order chi connectivity index (χ0) is 18.6. The SMILES string of the molecule is COC1CCC2(CC1)Cc1ccc(OCC3CC3)cc1[C@@]21N=C(C)C(N)=N1. The van der Waals surface area contributed by atoms with Gasteiger partial charge in [0.05, 0.1) is 18.4 Å². The number of fused-ring (bicyclic) bond motifs is 3. The van der Waals surface area contributed by atoms with E-state index in [9.17, 15) is 0 Å². The number of ether oxygens (including phenoxy) is 2. The first-order valence-corrected chi connectivity index (χ1v) is 10.3. The van der Waals surface area contributed by atoms with E-state index in [-0.39, 0.29) is 5.41 Å². The Labute approximate surface area is 161 Å². The van der Waals surface area contributed by atoms with E-state index in [1.54, 1.807) is 0 Å². The molecular weight excluding hydrogens is 338 g/mol. The number of hydrogen-bond donors (Lipinski definition) is 1. The van der Waals surface area contributed by atoms with Gasteiger partial charge in [-0.2, -0.15) is 0 Å². The first kappa shape index (κ1) is 17.2. The van der Waals surface area contributed by atoms with Gasteiger partial charge in [-0.25, -0.2) is 4.99 Å². The molecule has 0 radical (unpaired) electrons. The van der Waals surface area contributed by atoms with E-state index in [1.807, 2.05) is 14.0 Å². The Kier molecular flexibility index (Phi) is 3.87. The monoisotopic (exact) mass is 367 g/mol. The van der Waals surface area contributed by atoms with Crippen LogP contribution in [0.25, 0.3) is 0 Å². The van der Waals surface area contributed by atoms with Gasteiger partial charge in [0.25, 0.3) is 0 Å². The molecule has 0 saturated heterocycles. The van der Waals surface area contributed by atoms with Crippen molar-refractivity contribution in [1.29, 1.82) is 0 Å². The van der Waals surface area contributed by atoms with E-state index in [0.29, 0.717) is 11.9 Å². The first-order valence-electron chi connectivity index (χ1n) is 10.3. The van der Waals surface area contributed by atoms with Crippen molar-refractivity contribution in [1.82, 2.24) is 0 Å². The fourth-order valence-corrected chi connectivity index (χ4v) is 5.24. The number of rotatable bonds is 4. The summed E-state index contributed by atoms with van der Waals surface area (Å²) in [5.41, 5.74) is 9.08. The Bertz CT molecular complexity index is 799. The quantitative estimate of drug-likeness (QED) is 0.884. The molecule has 4 aliphatic rings. The maximum absolute atomic E-state index is 6.24. The molecule has 2 N–H and O–H groups in total. The number of nitrogens with zero attached hydrogens (tertiary/aromatic N) is 2. The maximum Gasteiger partial charge on any atom is 0.184 e. The molecule has 5 nitrogen and oxygen atoms in total. The van der Waals surface area contributed by atoms with Crippen LogP contribution in [0.5, 0.6) is 5.75 Å². The largest absolute Gasteiger partial charge is 0.493 e. The fraction of sp³-hybridized carbons (Fsp3) is 0.636. The highest BCUT2D eigenvalue weighted by Gasteiger charge is 2.60. The Morgan fingerprint density at radius 2 is 1.93 bits per heavy atom. The zero-order valence-corrected chi connectivity index (χ0v) is 16.3. The highest BCUT2D eigenvalue weighted by molar-refractivity contribution is 6.41. The van der Waals surface area contributed by atoms with Gasteiger partial charge in [-0.15, -0.1) is 0 Å². The molecular formula is C22H29N3O2. The summed E-state index contributed by atoms with van der Waals surface area (Å²) in [5.74, 6) is 2.26. The van der Waals surface area contributed by atoms with Gasteiger partial charge in [-0.1, -0.05) is 6.07 Å². The highest BCUT2D eigenvalue weighted by atomic mass is 16.5. The van der Waals surface area contributed by atoms with Crippen LogP contribution in [-0.4, -0.2) is 31.4 Å². The van der Waals surface area contributed by atoms with E-state index in [0.717, 1.165) is 56.1 Å². The minimum absolute atomic E-state index is 0.00184. The molecule has 1 atom stereocenters. The van der Waals surface area contributed by atoms with Crippen molar-refractivity contribution in [2.75, 3.05) is 13.7 Å². The van der Waals surface area contributed by atoms with Crippen LogP contribution in [0.4, 0.5) is 0 Å². The molecule has 1 heterocycles. The summed E-state index contributed by atoms with van der Waals surface area (Å²) in [6.45, 7) is 2.80. The topological polar surface area (TPSA) is 69.2 Å². The van der Waals surface area contributed by atoms with Crippen molar-refractivity contribution >= 4 is 11.5 Å². The molecule has 27 heavy (non-hydrogen) atoms.